The first kappa shape index (κ1) is 9.58. The van der Waals surface area contributed by atoms with Crippen LogP contribution in [0.3, 0.4) is 0 Å². The summed E-state index contributed by atoms with van der Waals surface area (Å²) in [6, 6.07) is 3.64. The fourth-order valence-corrected chi connectivity index (χ4v) is 1.47. The van der Waals surface area contributed by atoms with Crippen LogP contribution in [-0.4, -0.2) is 0 Å². The number of aryl methyl sites for hydroxylation is 1. The van der Waals surface area contributed by atoms with Gasteiger partial charge in [-0.15, -0.1) is 0 Å². The van der Waals surface area contributed by atoms with Crippen molar-refractivity contribution in [3.63, 3.8) is 0 Å². The number of hydrogen-bond donors (Lipinski definition) is 0. The van der Waals surface area contributed by atoms with E-state index in [1.807, 2.05) is 13.0 Å². The van der Waals surface area contributed by atoms with Crippen molar-refractivity contribution in [2.75, 3.05) is 0 Å². The van der Waals surface area contributed by atoms with Crippen LogP contribution in [0, 0.1) is 0 Å². The normalized spacial score (nSPS) is 10.7. The van der Waals surface area contributed by atoms with Crippen molar-refractivity contribution in [2.45, 2.75) is 13.3 Å². The van der Waals surface area contributed by atoms with Crippen molar-refractivity contribution in [1.29, 1.82) is 0 Å². The summed E-state index contributed by atoms with van der Waals surface area (Å²) in [5.41, 5.74) is -0.655. The zero-order valence-corrected chi connectivity index (χ0v) is 8.19. The van der Waals surface area contributed by atoms with Crippen molar-refractivity contribution >= 4 is 0 Å². The second-order valence-electron chi connectivity index (χ2n) is 3.31. The third-order valence-corrected chi connectivity index (χ3v) is 2.37. The standard InChI is InChI=1S/C11H9NO3/c1-2-7-4-3-5-12(6-7)8-9(13)11(15)10(8)14/h3-6H,2H2,1H3. The summed E-state index contributed by atoms with van der Waals surface area (Å²) in [4.78, 5) is 21.9. The molecule has 0 aliphatic heterocycles. The van der Waals surface area contributed by atoms with Crippen molar-refractivity contribution in [1.82, 2.24) is 0 Å². The zero-order chi connectivity index (χ0) is 11.0. The van der Waals surface area contributed by atoms with Crippen LogP contribution in [0.5, 0.6) is 5.75 Å². The second kappa shape index (κ2) is 3.31. The minimum atomic E-state index is -0.917. The molecule has 2 rings (SSSR count). The molecule has 0 aliphatic rings. The van der Waals surface area contributed by atoms with E-state index in [1.54, 1.807) is 18.5 Å². The molecular weight excluding hydrogens is 194 g/mol. The molecule has 1 aromatic heterocycles. The highest BCUT2D eigenvalue weighted by Gasteiger charge is 2.22. The molecule has 0 aliphatic carbocycles. The van der Waals surface area contributed by atoms with Gasteiger partial charge in [0.25, 0.3) is 11.1 Å². The molecule has 0 unspecified atom stereocenters. The van der Waals surface area contributed by atoms with E-state index < -0.39 is 16.6 Å². The van der Waals surface area contributed by atoms with Gasteiger partial charge in [-0.2, -0.15) is 4.57 Å². The molecule has 0 atom stereocenters. The van der Waals surface area contributed by atoms with Crippen LogP contribution in [0.4, 0.5) is 0 Å². The van der Waals surface area contributed by atoms with Gasteiger partial charge < -0.3 is 5.11 Å². The Labute approximate surface area is 85.7 Å². The molecule has 4 heteroatoms. The summed E-state index contributed by atoms with van der Waals surface area (Å²) in [7, 11) is 0. The molecule has 0 amide bonds. The van der Waals surface area contributed by atoms with Gasteiger partial charge in [0, 0.05) is 17.4 Å². The van der Waals surface area contributed by atoms with E-state index in [0.717, 1.165) is 12.0 Å². The Bertz CT molecular complexity index is 579. The van der Waals surface area contributed by atoms with E-state index in [0.29, 0.717) is 0 Å². The van der Waals surface area contributed by atoms with Crippen LogP contribution in [-0.2, 0) is 6.42 Å². The largest absolute Gasteiger partial charge is 0.865 e. The average Bonchev–Trinajstić information content (AvgIpc) is 2.29. The minimum Gasteiger partial charge on any atom is -0.865 e. The molecule has 76 valence electrons. The topological polar surface area (TPSA) is 61.1 Å². The fraction of sp³-hybridized carbons (Fsp3) is 0.182. The van der Waals surface area contributed by atoms with E-state index in [4.69, 9.17) is 0 Å². The van der Waals surface area contributed by atoms with Gasteiger partial charge in [0.1, 0.15) is 0 Å². The molecule has 0 N–H and O–H groups in total. The summed E-state index contributed by atoms with van der Waals surface area (Å²) in [6.45, 7) is 1.97. The molecule has 0 radical (unpaired) electrons. The monoisotopic (exact) mass is 203 g/mol. The summed E-state index contributed by atoms with van der Waals surface area (Å²) < 4.78 is 1.42. The molecule has 1 aromatic carbocycles. The van der Waals surface area contributed by atoms with Crippen molar-refractivity contribution in [2.24, 2.45) is 0 Å². The van der Waals surface area contributed by atoms with Crippen LogP contribution in [0.2, 0.25) is 0 Å². The molecule has 15 heavy (non-hydrogen) atoms. The summed E-state index contributed by atoms with van der Waals surface area (Å²) >= 11 is 0. The van der Waals surface area contributed by atoms with E-state index in [9.17, 15) is 14.7 Å². The van der Waals surface area contributed by atoms with Gasteiger partial charge in [-0.05, 0) is 12.5 Å². The molecule has 0 saturated heterocycles. The van der Waals surface area contributed by atoms with E-state index in [2.05, 4.69) is 0 Å². The van der Waals surface area contributed by atoms with Gasteiger partial charge in [-0.25, -0.2) is 0 Å². The highest BCUT2D eigenvalue weighted by molar-refractivity contribution is 5.43. The Morgan fingerprint density at radius 2 is 2.07 bits per heavy atom. The lowest BCUT2D eigenvalue weighted by atomic mass is 10.2. The third kappa shape index (κ3) is 1.34. The Hall–Kier alpha value is -1.97. The Morgan fingerprint density at radius 1 is 1.33 bits per heavy atom. The summed E-state index contributed by atoms with van der Waals surface area (Å²) in [5, 5.41) is 11.1. The number of pyridine rings is 1. The maximum atomic E-state index is 11.1. The van der Waals surface area contributed by atoms with Crippen molar-refractivity contribution in [3.8, 4) is 11.4 Å². The summed E-state index contributed by atoms with van der Waals surface area (Å²) in [6.07, 6.45) is 4.10. The zero-order valence-electron chi connectivity index (χ0n) is 8.19. The van der Waals surface area contributed by atoms with Gasteiger partial charge in [-0.1, -0.05) is 6.92 Å². The predicted octanol–water partition coefficient (Wildman–Crippen LogP) is -0.805. The number of nitrogens with zero attached hydrogens (tertiary/aromatic N) is 1. The van der Waals surface area contributed by atoms with Crippen LogP contribution in [0.25, 0.3) is 5.69 Å². The molecule has 0 fully saturated rings. The van der Waals surface area contributed by atoms with Gasteiger partial charge in [0.15, 0.2) is 12.4 Å². The SMILES string of the molecule is CCc1ccc[n+](-c2c([O-])c(=O)c2=O)c1. The minimum absolute atomic E-state index is 0.0460. The van der Waals surface area contributed by atoms with Gasteiger partial charge in [0.05, 0.1) is 0 Å². The van der Waals surface area contributed by atoms with Crippen LogP contribution >= 0.6 is 0 Å². The lowest BCUT2D eigenvalue weighted by molar-refractivity contribution is -0.602. The van der Waals surface area contributed by atoms with Gasteiger partial charge in [0.2, 0.25) is 5.43 Å². The summed E-state index contributed by atoms with van der Waals surface area (Å²) in [5.74, 6) is -0.696. The first-order valence-electron chi connectivity index (χ1n) is 4.66. The first-order chi connectivity index (χ1) is 7.15. The highest BCUT2D eigenvalue weighted by Crippen LogP contribution is 2.04. The molecule has 1 heterocycles. The highest BCUT2D eigenvalue weighted by atomic mass is 16.3. The van der Waals surface area contributed by atoms with Crippen molar-refractivity contribution < 1.29 is 9.67 Å². The molecule has 0 bridgehead atoms. The smallest absolute Gasteiger partial charge is 0.296 e. The maximum Gasteiger partial charge on any atom is 0.296 e. The third-order valence-electron chi connectivity index (χ3n) is 2.37. The van der Waals surface area contributed by atoms with Crippen LogP contribution in [0.15, 0.2) is 34.1 Å². The van der Waals surface area contributed by atoms with Gasteiger partial charge >= 0.3 is 0 Å². The molecule has 0 saturated carbocycles. The maximum absolute atomic E-state index is 11.1. The second-order valence-corrected chi connectivity index (χ2v) is 3.31. The number of aromatic nitrogens is 1. The number of rotatable bonds is 2. The van der Waals surface area contributed by atoms with E-state index in [1.165, 1.54) is 4.57 Å². The fourth-order valence-electron chi connectivity index (χ4n) is 1.47. The Morgan fingerprint density at radius 3 is 2.67 bits per heavy atom. The first-order valence-corrected chi connectivity index (χ1v) is 4.66. The molecular formula is C11H9NO3. The molecule has 4 nitrogen and oxygen atoms in total. The lowest BCUT2D eigenvalue weighted by Crippen LogP contribution is -2.49. The van der Waals surface area contributed by atoms with Crippen molar-refractivity contribution in [3.05, 3.63) is 50.5 Å². The van der Waals surface area contributed by atoms with Crippen LogP contribution in [0.1, 0.15) is 12.5 Å². The lowest BCUT2D eigenvalue weighted by Gasteiger charge is -2.08. The number of hydrogen-bond acceptors (Lipinski definition) is 3. The van der Waals surface area contributed by atoms with E-state index >= 15 is 0 Å². The molecule has 2 aromatic rings. The van der Waals surface area contributed by atoms with Gasteiger partial charge in [-0.3, -0.25) is 9.59 Å². The van der Waals surface area contributed by atoms with E-state index in [-0.39, 0.29) is 5.69 Å². The predicted molar refractivity (Wildman–Crippen MR) is 51.7 cm³/mol. The quantitative estimate of drug-likeness (QED) is 0.474. The van der Waals surface area contributed by atoms with Crippen LogP contribution < -0.4 is 20.5 Å². The molecule has 0 spiro atoms. The average molecular weight is 203 g/mol. The Balaban J connectivity index is 2.56. The Kier molecular flexibility index (Phi) is 2.11.